The van der Waals surface area contributed by atoms with E-state index in [4.69, 9.17) is 4.74 Å². The molecule has 0 bridgehead atoms. The Balaban J connectivity index is 1.92. The molecule has 136 valence electrons. The first-order chi connectivity index (χ1) is 13.2. The maximum absolute atomic E-state index is 12.9. The van der Waals surface area contributed by atoms with Gasteiger partial charge in [-0.1, -0.05) is 66.7 Å². The molecule has 0 saturated heterocycles. The molecule has 3 aromatic carbocycles. The molecular weight excluding hydrogens is 336 g/mol. The molecular formula is C24H22O3. The first kappa shape index (κ1) is 18.6. The topological polar surface area (TPSA) is 43.4 Å². The molecule has 0 aliphatic carbocycles. The summed E-state index contributed by atoms with van der Waals surface area (Å²) in [5.74, 6) is -0.346. The number of hydrogen-bond acceptors (Lipinski definition) is 3. The zero-order valence-electron chi connectivity index (χ0n) is 15.4. The van der Waals surface area contributed by atoms with Crippen LogP contribution in [0.5, 0.6) is 0 Å². The van der Waals surface area contributed by atoms with Gasteiger partial charge < -0.3 is 4.74 Å². The summed E-state index contributed by atoms with van der Waals surface area (Å²) < 4.78 is 4.97. The predicted molar refractivity (Wildman–Crippen MR) is 109 cm³/mol. The van der Waals surface area contributed by atoms with Crippen molar-refractivity contribution in [2.75, 3.05) is 6.61 Å². The van der Waals surface area contributed by atoms with E-state index in [0.29, 0.717) is 25.0 Å². The monoisotopic (exact) mass is 358 g/mol. The Labute approximate surface area is 159 Å². The Morgan fingerprint density at radius 3 is 2.44 bits per heavy atom. The third-order valence-corrected chi connectivity index (χ3v) is 4.43. The first-order valence-electron chi connectivity index (χ1n) is 9.12. The lowest BCUT2D eigenvalue weighted by Crippen LogP contribution is -2.05. The van der Waals surface area contributed by atoms with E-state index in [-0.39, 0.29) is 5.78 Å². The molecule has 0 radical (unpaired) electrons. The highest BCUT2D eigenvalue weighted by Crippen LogP contribution is 2.25. The molecule has 3 heteroatoms. The van der Waals surface area contributed by atoms with E-state index >= 15 is 0 Å². The molecule has 3 nitrogen and oxygen atoms in total. The quantitative estimate of drug-likeness (QED) is 0.330. The summed E-state index contributed by atoms with van der Waals surface area (Å²) in [5, 5.41) is 1.98. The van der Waals surface area contributed by atoms with Crippen LogP contribution >= 0.6 is 0 Å². The van der Waals surface area contributed by atoms with Crippen LogP contribution in [0.2, 0.25) is 0 Å². The minimum atomic E-state index is -0.409. The summed E-state index contributed by atoms with van der Waals surface area (Å²) in [6.07, 6.45) is 4.19. The van der Waals surface area contributed by atoms with E-state index < -0.39 is 5.97 Å². The van der Waals surface area contributed by atoms with Crippen LogP contribution in [0.1, 0.15) is 34.8 Å². The minimum Gasteiger partial charge on any atom is -0.463 e. The van der Waals surface area contributed by atoms with Gasteiger partial charge in [0.05, 0.1) is 6.61 Å². The molecule has 0 spiro atoms. The Kier molecular flexibility index (Phi) is 6.16. The van der Waals surface area contributed by atoms with Gasteiger partial charge in [-0.15, -0.1) is 0 Å². The normalized spacial score (nSPS) is 11.0. The molecule has 0 fully saturated rings. The van der Waals surface area contributed by atoms with Gasteiger partial charge in [-0.05, 0) is 41.3 Å². The average Bonchev–Trinajstić information content (AvgIpc) is 2.71. The number of carbonyl (C=O) groups is 2. The first-order valence-corrected chi connectivity index (χ1v) is 9.12. The largest absolute Gasteiger partial charge is 0.463 e. The number of ether oxygens (including phenoxy) is 1. The molecule has 0 unspecified atom stereocenters. The van der Waals surface area contributed by atoms with E-state index in [9.17, 15) is 9.59 Å². The van der Waals surface area contributed by atoms with Crippen molar-refractivity contribution in [3.8, 4) is 0 Å². The summed E-state index contributed by atoms with van der Waals surface area (Å²) in [7, 11) is 0. The fraction of sp³-hybridized carbons (Fsp3) is 0.167. The van der Waals surface area contributed by atoms with Crippen LogP contribution in [0.3, 0.4) is 0 Å². The summed E-state index contributed by atoms with van der Waals surface area (Å²) in [6, 6.07) is 21.6. The van der Waals surface area contributed by atoms with E-state index in [1.165, 1.54) is 6.08 Å². The summed E-state index contributed by atoms with van der Waals surface area (Å²) in [4.78, 5) is 24.7. The van der Waals surface area contributed by atoms with Crippen molar-refractivity contribution in [3.05, 3.63) is 89.5 Å². The SMILES string of the molecule is CCOC(=O)/C=C/c1c(C(=O)CCc2ccccc2)ccc2ccccc12. The number of benzene rings is 3. The molecule has 0 N–H and O–H groups in total. The van der Waals surface area contributed by atoms with Crippen molar-refractivity contribution in [1.82, 2.24) is 0 Å². The van der Waals surface area contributed by atoms with Crippen LogP contribution in [0, 0.1) is 0 Å². The third kappa shape index (κ3) is 4.70. The number of hydrogen-bond donors (Lipinski definition) is 0. The Morgan fingerprint density at radius 2 is 1.67 bits per heavy atom. The second kappa shape index (κ2) is 8.95. The molecule has 3 aromatic rings. The highest BCUT2D eigenvalue weighted by atomic mass is 16.5. The minimum absolute atomic E-state index is 0.0631. The van der Waals surface area contributed by atoms with E-state index in [0.717, 1.165) is 21.9 Å². The zero-order chi connectivity index (χ0) is 19.1. The highest BCUT2D eigenvalue weighted by Gasteiger charge is 2.13. The maximum atomic E-state index is 12.9. The molecule has 0 aromatic heterocycles. The number of rotatable bonds is 7. The van der Waals surface area contributed by atoms with Gasteiger partial charge in [0.15, 0.2) is 5.78 Å². The van der Waals surface area contributed by atoms with Gasteiger partial charge in [0.2, 0.25) is 0 Å². The van der Waals surface area contributed by atoms with Gasteiger partial charge in [0, 0.05) is 18.1 Å². The molecule has 0 aliphatic heterocycles. The fourth-order valence-corrected chi connectivity index (χ4v) is 3.10. The van der Waals surface area contributed by atoms with Crippen LogP contribution in [0.4, 0.5) is 0 Å². The van der Waals surface area contributed by atoms with Crippen molar-refractivity contribution in [2.24, 2.45) is 0 Å². The number of Topliss-reactive ketones (excluding diaryl/α,β-unsaturated/α-hetero) is 1. The fourth-order valence-electron chi connectivity index (χ4n) is 3.10. The number of aryl methyl sites for hydroxylation is 1. The number of carbonyl (C=O) groups excluding carboxylic acids is 2. The van der Waals surface area contributed by atoms with Gasteiger partial charge in [-0.25, -0.2) is 4.79 Å². The van der Waals surface area contributed by atoms with Crippen LogP contribution < -0.4 is 0 Å². The average molecular weight is 358 g/mol. The van der Waals surface area contributed by atoms with Gasteiger partial charge in [0.25, 0.3) is 0 Å². The maximum Gasteiger partial charge on any atom is 0.330 e. The molecule has 0 atom stereocenters. The van der Waals surface area contributed by atoms with Crippen LogP contribution in [0.15, 0.2) is 72.8 Å². The molecule has 0 amide bonds. The van der Waals surface area contributed by atoms with Crippen molar-refractivity contribution >= 4 is 28.6 Å². The van der Waals surface area contributed by atoms with Crippen molar-refractivity contribution in [2.45, 2.75) is 19.8 Å². The molecule has 27 heavy (non-hydrogen) atoms. The van der Waals surface area contributed by atoms with Crippen LogP contribution in [-0.2, 0) is 16.0 Å². The smallest absolute Gasteiger partial charge is 0.330 e. The molecule has 0 aliphatic rings. The van der Waals surface area contributed by atoms with E-state index in [2.05, 4.69) is 0 Å². The summed E-state index contributed by atoms with van der Waals surface area (Å²) in [5.41, 5.74) is 2.53. The molecule has 3 rings (SSSR count). The standard InChI is InChI=1S/C24H22O3/c1-2-27-24(26)17-15-21-20-11-7-6-10-19(20)13-14-22(21)23(25)16-12-18-8-4-3-5-9-18/h3-11,13-15,17H,2,12,16H2,1H3/b17-15+. The third-order valence-electron chi connectivity index (χ3n) is 4.43. The predicted octanol–water partition coefficient (Wildman–Crippen LogP) is 5.23. The highest BCUT2D eigenvalue weighted by molar-refractivity contribution is 6.07. The van der Waals surface area contributed by atoms with Crippen molar-refractivity contribution in [3.63, 3.8) is 0 Å². The number of esters is 1. The van der Waals surface area contributed by atoms with Gasteiger partial charge in [-0.2, -0.15) is 0 Å². The summed E-state index contributed by atoms with van der Waals surface area (Å²) >= 11 is 0. The molecule has 0 saturated carbocycles. The lowest BCUT2D eigenvalue weighted by atomic mass is 9.93. The Hall–Kier alpha value is -3.20. The van der Waals surface area contributed by atoms with Gasteiger partial charge in [-0.3, -0.25) is 4.79 Å². The van der Waals surface area contributed by atoms with E-state index in [1.807, 2.05) is 66.7 Å². The lowest BCUT2D eigenvalue weighted by Gasteiger charge is -2.10. The van der Waals surface area contributed by atoms with Crippen molar-refractivity contribution in [1.29, 1.82) is 0 Å². The van der Waals surface area contributed by atoms with Crippen molar-refractivity contribution < 1.29 is 14.3 Å². The second-order valence-electron chi connectivity index (χ2n) is 6.24. The number of ketones is 1. The molecule has 0 heterocycles. The van der Waals surface area contributed by atoms with Gasteiger partial charge in [0.1, 0.15) is 0 Å². The zero-order valence-corrected chi connectivity index (χ0v) is 15.4. The van der Waals surface area contributed by atoms with Gasteiger partial charge >= 0.3 is 5.97 Å². The van der Waals surface area contributed by atoms with Crippen LogP contribution in [0.25, 0.3) is 16.8 Å². The van der Waals surface area contributed by atoms with E-state index in [1.54, 1.807) is 13.0 Å². The second-order valence-corrected chi connectivity index (χ2v) is 6.24. The lowest BCUT2D eigenvalue weighted by molar-refractivity contribution is -0.137. The summed E-state index contributed by atoms with van der Waals surface area (Å²) in [6.45, 7) is 2.09. The number of fused-ring (bicyclic) bond motifs is 1. The Bertz CT molecular complexity index is 971. The van der Waals surface area contributed by atoms with Crippen LogP contribution in [-0.4, -0.2) is 18.4 Å². The Morgan fingerprint density at radius 1 is 0.926 bits per heavy atom.